The number of hydrogen-bond donors (Lipinski definition) is 1. The van der Waals surface area contributed by atoms with Gasteiger partial charge in [-0.25, -0.2) is 4.39 Å². The molecule has 0 saturated heterocycles. The molecule has 0 saturated carbocycles. The summed E-state index contributed by atoms with van der Waals surface area (Å²) in [5.74, 6) is 0.489. The molecule has 0 fully saturated rings. The fraction of sp³-hybridized carbons (Fsp3) is 0.250. The number of Topliss-reactive ketones (excluding diaryl/α,β-unsaturated/α-hetero) is 1. The topological polar surface area (TPSA) is 68.0 Å². The molecule has 0 aliphatic rings. The molecule has 2 rings (SSSR count). The first-order valence-corrected chi connectivity index (χ1v) is 6.56. The smallest absolute Gasteiger partial charge is 0.277 e. The van der Waals surface area contributed by atoms with E-state index in [0.717, 1.165) is 5.69 Å². The number of carbonyl (C=O) groups is 1. The minimum Gasteiger partial charge on any atom is -0.414 e. The lowest BCUT2D eigenvalue weighted by molar-refractivity contribution is -0.114. The van der Waals surface area contributed by atoms with Gasteiger partial charge in [-0.3, -0.25) is 4.79 Å². The average Bonchev–Trinajstić information content (AvgIpc) is 2.84. The number of thioether (sulfide) groups is 1. The highest BCUT2D eigenvalue weighted by molar-refractivity contribution is 7.99. The molecule has 2 aromatic rings. The van der Waals surface area contributed by atoms with Gasteiger partial charge >= 0.3 is 0 Å². The summed E-state index contributed by atoms with van der Waals surface area (Å²) in [6, 6.07) is 5.98. The van der Waals surface area contributed by atoms with E-state index in [0.29, 0.717) is 23.4 Å². The van der Waals surface area contributed by atoms with Crippen molar-refractivity contribution in [1.82, 2.24) is 10.2 Å². The quantitative estimate of drug-likeness (QED) is 0.820. The Kier molecular flexibility index (Phi) is 4.51. The van der Waals surface area contributed by atoms with Crippen LogP contribution in [0.15, 0.2) is 33.9 Å². The van der Waals surface area contributed by atoms with E-state index in [9.17, 15) is 9.18 Å². The van der Waals surface area contributed by atoms with Gasteiger partial charge < -0.3 is 9.73 Å². The second-order valence-corrected chi connectivity index (χ2v) is 4.74. The van der Waals surface area contributed by atoms with Crippen molar-refractivity contribution in [3.63, 3.8) is 0 Å². The van der Waals surface area contributed by atoms with E-state index in [1.54, 1.807) is 12.1 Å². The van der Waals surface area contributed by atoms with Gasteiger partial charge in [0.15, 0.2) is 0 Å². The second-order valence-electron chi connectivity index (χ2n) is 3.81. The summed E-state index contributed by atoms with van der Waals surface area (Å²) < 4.78 is 18.0. The number of ketones is 1. The lowest BCUT2D eigenvalue weighted by Crippen LogP contribution is -1.99. The normalized spacial score (nSPS) is 10.4. The van der Waals surface area contributed by atoms with Crippen molar-refractivity contribution in [3.8, 4) is 0 Å². The molecular weight excluding hydrogens is 269 g/mol. The summed E-state index contributed by atoms with van der Waals surface area (Å²) >= 11 is 1.21. The molecule has 1 N–H and O–H groups in total. The van der Waals surface area contributed by atoms with Crippen LogP contribution < -0.4 is 5.32 Å². The number of hydrogen-bond acceptors (Lipinski definition) is 6. The Morgan fingerprint density at radius 1 is 1.37 bits per heavy atom. The van der Waals surface area contributed by atoms with Crippen LogP contribution >= 0.6 is 11.8 Å². The largest absolute Gasteiger partial charge is 0.414 e. The molecule has 0 bridgehead atoms. The van der Waals surface area contributed by atoms with Crippen LogP contribution in [-0.4, -0.2) is 21.7 Å². The Morgan fingerprint density at radius 2 is 2.11 bits per heavy atom. The van der Waals surface area contributed by atoms with Crippen molar-refractivity contribution in [2.45, 2.75) is 18.7 Å². The molecule has 0 radical (unpaired) electrons. The fourth-order valence-corrected chi connectivity index (χ4v) is 1.86. The third-order valence-corrected chi connectivity index (χ3v) is 3.10. The molecule has 19 heavy (non-hydrogen) atoms. The third-order valence-electron chi connectivity index (χ3n) is 2.14. The average molecular weight is 281 g/mol. The van der Waals surface area contributed by atoms with Crippen LogP contribution in [0.3, 0.4) is 0 Å². The first-order valence-electron chi connectivity index (χ1n) is 5.57. The zero-order valence-corrected chi connectivity index (χ0v) is 11.0. The second kappa shape index (κ2) is 6.33. The zero-order valence-electron chi connectivity index (χ0n) is 10.2. The van der Waals surface area contributed by atoms with Crippen LogP contribution in [-0.2, 0) is 11.3 Å². The number of carbonyl (C=O) groups excluding carboxylic acids is 1. The summed E-state index contributed by atoms with van der Waals surface area (Å²) in [4.78, 5) is 10.8. The van der Waals surface area contributed by atoms with Gasteiger partial charge in [-0.2, -0.15) is 0 Å². The first kappa shape index (κ1) is 13.5. The van der Waals surface area contributed by atoms with Crippen LogP contribution in [0.4, 0.5) is 10.1 Å². The summed E-state index contributed by atoms with van der Waals surface area (Å²) in [5.41, 5.74) is 0.762. The number of aromatic nitrogens is 2. The van der Waals surface area contributed by atoms with Crippen LogP contribution in [0.25, 0.3) is 0 Å². The predicted octanol–water partition coefficient (Wildman–Crippen LogP) is 2.50. The maximum atomic E-state index is 12.7. The van der Waals surface area contributed by atoms with Gasteiger partial charge in [-0.05, 0) is 31.2 Å². The van der Waals surface area contributed by atoms with E-state index < -0.39 is 0 Å². The summed E-state index contributed by atoms with van der Waals surface area (Å²) in [6.45, 7) is 1.85. The maximum Gasteiger partial charge on any atom is 0.277 e. The van der Waals surface area contributed by atoms with E-state index in [1.165, 1.54) is 30.8 Å². The van der Waals surface area contributed by atoms with E-state index >= 15 is 0 Å². The van der Waals surface area contributed by atoms with Crippen LogP contribution in [0, 0.1) is 5.82 Å². The predicted molar refractivity (Wildman–Crippen MR) is 69.4 cm³/mol. The van der Waals surface area contributed by atoms with Gasteiger partial charge in [-0.15, -0.1) is 10.2 Å². The summed E-state index contributed by atoms with van der Waals surface area (Å²) in [5, 5.41) is 11.0. The van der Waals surface area contributed by atoms with E-state index in [2.05, 4.69) is 15.5 Å². The van der Waals surface area contributed by atoms with Crippen molar-refractivity contribution >= 4 is 23.2 Å². The van der Waals surface area contributed by atoms with Crippen LogP contribution in [0.1, 0.15) is 12.8 Å². The molecule has 1 aromatic carbocycles. The number of rotatable bonds is 6. The molecule has 0 aliphatic heterocycles. The molecule has 7 heteroatoms. The molecule has 5 nitrogen and oxygen atoms in total. The molecule has 100 valence electrons. The van der Waals surface area contributed by atoms with Gasteiger partial charge in [0, 0.05) is 5.69 Å². The van der Waals surface area contributed by atoms with Crippen molar-refractivity contribution < 1.29 is 13.6 Å². The summed E-state index contributed by atoms with van der Waals surface area (Å²) in [7, 11) is 0. The molecule has 1 aromatic heterocycles. The number of halogens is 1. The van der Waals surface area contributed by atoms with E-state index in [1.807, 2.05) is 0 Å². The lowest BCUT2D eigenvalue weighted by atomic mass is 10.3. The van der Waals surface area contributed by atoms with Crippen LogP contribution in [0.2, 0.25) is 0 Å². The molecular formula is C12H12FN3O2S. The van der Waals surface area contributed by atoms with Crippen molar-refractivity contribution in [2.24, 2.45) is 0 Å². The number of nitrogens with one attached hydrogen (secondary N) is 1. The standard InChI is InChI=1S/C12H12FN3O2S/c1-8(17)7-19-12-16-15-11(18-12)6-14-10-4-2-9(13)3-5-10/h2-5,14H,6-7H2,1H3. The Bertz CT molecular complexity index is 556. The van der Waals surface area contributed by atoms with E-state index in [-0.39, 0.29) is 11.6 Å². The molecule has 0 unspecified atom stereocenters. The van der Waals surface area contributed by atoms with E-state index in [4.69, 9.17) is 4.42 Å². The highest BCUT2D eigenvalue weighted by Crippen LogP contribution is 2.16. The SMILES string of the molecule is CC(=O)CSc1nnc(CNc2ccc(F)cc2)o1. The van der Waals surface area contributed by atoms with Gasteiger partial charge in [0.05, 0.1) is 12.3 Å². The fourth-order valence-electron chi connectivity index (χ4n) is 1.28. The maximum absolute atomic E-state index is 12.7. The first-order chi connectivity index (χ1) is 9.13. The highest BCUT2D eigenvalue weighted by atomic mass is 32.2. The number of nitrogens with zero attached hydrogens (tertiary/aromatic N) is 2. The minimum atomic E-state index is -0.286. The minimum absolute atomic E-state index is 0.0502. The van der Waals surface area contributed by atoms with Crippen molar-refractivity contribution in [3.05, 3.63) is 36.0 Å². The Hall–Kier alpha value is -1.89. The van der Waals surface area contributed by atoms with Gasteiger partial charge in [-0.1, -0.05) is 11.8 Å². The Balaban J connectivity index is 1.86. The Labute approximate surface area is 113 Å². The molecule has 0 spiro atoms. The monoisotopic (exact) mass is 281 g/mol. The molecule has 0 atom stereocenters. The lowest BCUT2D eigenvalue weighted by Gasteiger charge is -2.02. The van der Waals surface area contributed by atoms with Gasteiger partial charge in [0.2, 0.25) is 5.89 Å². The van der Waals surface area contributed by atoms with Crippen molar-refractivity contribution in [2.75, 3.05) is 11.1 Å². The molecule has 0 amide bonds. The molecule has 1 heterocycles. The zero-order chi connectivity index (χ0) is 13.7. The van der Waals surface area contributed by atoms with Crippen LogP contribution in [0.5, 0.6) is 0 Å². The Morgan fingerprint density at radius 3 is 2.79 bits per heavy atom. The highest BCUT2D eigenvalue weighted by Gasteiger charge is 2.07. The van der Waals surface area contributed by atoms with Gasteiger partial charge in [0.25, 0.3) is 5.22 Å². The third kappa shape index (κ3) is 4.36. The number of anilines is 1. The van der Waals surface area contributed by atoms with Gasteiger partial charge in [0.1, 0.15) is 11.6 Å². The number of benzene rings is 1. The summed E-state index contributed by atoms with van der Waals surface area (Å²) in [6.07, 6.45) is 0. The molecule has 0 aliphatic carbocycles. The van der Waals surface area contributed by atoms with Crippen molar-refractivity contribution in [1.29, 1.82) is 0 Å².